The highest BCUT2D eigenvalue weighted by atomic mass is 79.9. The topological polar surface area (TPSA) is 81.6 Å². The molecule has 0 aliphatic rings. The summed E-state index contributed by atoms with van der Waals surface area (Å²) in [5, 5.41) is 19.4. The SMILES string of the molecule is OC(Cn1cncn1)(Cn1cnc(Br)n1)c1ccc(F)cc1Cl. The standard InChI is InChI=1S/C13H11BrClFN6O/c14-12-18-8-22(20-12)5-13(23,4-21-7-17-6-19-21)10-2-1-9(16)3-11(10)15/h1-3,6-8,23H,4-5H2. The van der Waals surface area contributed by atoms with Gasteiger partial charge in [0.25, 0.3) is 0 Å². The largest absolute Gasteiger partial charge is 0.381 e. The summed E-state index contributed by atoms with van der Waals surface area (Å²) in [6.07, 6.45) is 4.30. The number of hydrogen-bond donors (Lipinski definition) is 1. The molecule has 23 heavy (non-hydrogen) atoms. The van der Waals surface area contributed by atoms with Crippen molar-refractivity contribution in [2.75, 3.05) is 0 Å². The highest BCUT2D eigenvalue weighted by Crippen LogP contribution is 2.31. The second-order valence-corrected chi connectivity index (χ2v) is 6.08. The van der Waals surface area contributed by atoms with E-state index in [2.05, 4.69) is 36.1 Å². The lowest BCUT2D eigenvalue weighted by atomic mass is 9.93. The molecule has 0 amide bonds. The van der Waals surface area contributed by atoms with Crippen LogP contribution in [0, 0.1) is 5.82 Å². The first kappa shape index (κ1) is 16.0. The van der Waals surface area contributed by atoms with Gasteiger partial charge in [-0.2, -0.15) is 5.10 Å². The van der Waals surface area contributed by atoms with Crippen LogP contribution in [0.2, 0.25) is 5.02 Å². The van der Waals surface area contributed by atoms with Crippen LogP contribution in [0.25, 0.3) is 0 Å². The molecule has 2 aromatic heterocycles. The highest BCUT2D eigenvalue weighted by molar-refractivity contribution is 9.10. The quantitative estimate of drug-likeness (QED) is 0.707. The molecule has 1 N–H and O–H groups in total. The minimum absolute atomic E-state index is 0.0524. The number of halogens is 3. The van der Waals surface area contributed by atoms with Gasteiger partial charge in [-0.15, -0.1) is 5.10 Å². The zero-order chi connectivity index (χ0) is 16.4. The fraction of sp³-hybridized carbons (Fsp3) is 0.231. The third kappa shape index (κ3) is 3.57. The Morgan fingerprint density at radius 2 is 2.04 bits per heavy atom. The molecule has 120 valence electrons. The summed E-state index contributed by atoms with van der Waals surface area (Å²) >= 11 is 9.28. The van der Waals surface area contributed by atoms with Crippen LogP contribution < -0.4 is 0 Å². The van der Waals surface area contributed by atoms with E-state index < -0.39 is 11.4 Å². The first-order chi connectivity index (χ1) is 11.0. The molecule has 0 fully saturated rings. The van der Waals surface area contributed by atoms with Gasteiger partial charge in [-0.05, 0) is 28.1 Å². The Hall–Kier alpha value is -1.84. The maximum Gasteiger partial charge on any atom is 0.217 e. The molecule has 0 bridgehead atoms. The highest BCUT2D eigenvalue weighted by Gasteiger charge is 2.34. The van der Waals surface area contributed by atoms with E-state index in [9.17, 15) is 9.50 Å². The molecular weight excluding hydrogens is 391 g/mol. The molecular formula is C13H11BrClFN6O. The van der Waals surface area contributed by atoms with Crippen LogP contribution in [-0.2, 0) is 18.7 Å². The van der Waals surface area contributed by atoms with E-state index in [1.807, 2.05) is 0 Å². The van der Waals surface area contributed by atoms with Gasteiger partial charge in [-0.25, -0.2) is 23.7 Å². The first-order valence-electron chi connectivity index (χ1n) is 6.51. The van der Waals surface area contributed by atoms with Crippen LogP contribution in [0.4, 0.5) is 4.39 Å². The molecule has 7 nitrogen and oxygen atoms in total. The minimum atomic E-state index is -1.48. The predicted molar refractivity (Wildman–Crippen MR) is 83.1 cm³/mol. The van der Waals surface area contributed by atoms with E-state index >= 15 is 0 Å². The number of aliphatic hydroxyl groups is 1. The maximum absolute atomic E-state index is 13.3. The van der Waals surface area contributed by atoms with E-state index in [0.717, 1.165) is 6.07 Å². The van der Waals surface area contributed by atoms with Gasteiger partial charge in [0.1, 0.15) is 30.4 Å². The fourth-order valence-electron chi connectivity index (χ4n) is 2.29. The van der Waals surface area contributed by atoms with Crippen molar-refractivity contribution in [3.05, 3.63) is 58.3 Å². The van der Waals surface area contributed by atoms with E-state index in [1.165, 1.54) is 40.5 Å². The lowest BCUT2D eigenvalue weighted by molar-refractivity contribution is -0.00542. The molecule has 0 radical (unpaired) electrons. The Balaban J connectivity index is 2.01. The average molecular weight is 402 g/mol. The molecule has 1 unspecified atom stereocenters. The second kappa shape index (κ2) is 6.34. The van der Waals surface area contributed by atoms with Gasteiger partial charge in [-0.3, -0.25) is 0 Å². The summed E-state index contributed by atoms with van der Waals surface area (Å²) in [6, 6.07) is 3.84. The van der Waals surface area contributed by atoms with Gasteiger partial charge in [0.05, 0.1) is 13.1 Å². The molecule has 1 atom stereocenters. The number of aromatic nitrogens is 6. The van der Waals surface area contributed by atoms with Gasteiger partial charge in [0.2, 0.25) is 4.73 Å². The molecule has 2 heterocycles. The normalized spacial score (nSPS) is 13.9. The summed E-state index contributed by atoms with van der Waals surface area (Å²) in [6.45, 7) is 0.118. The van der Waals surface area contributed by atoms with Crippen LogP contribution in [0.5, 0.6) is 0 Å². The van der Waals surface area contributed by atoms with Crippen molar-refractivity contribution in [1.29, 1.82) is 0 Å². The van der Waals surface area contributed by atoms with Crippen molar-refractivity contribution in [2.45, 2.75) is 18.7 Å². The van der Waals surface area contributed by atoms with E-state index in [-0.39, 0.29) is 18.1 Å². The van der Waals surface area contributed by atoms with Crippen LogP contribution in [-0.4, -0.2) is 34.6 Å². The Morgan fingerprint density at radius 1 is 1.26 bits per heavy atom. The summed E-state index contributed by atoms with van der Waals surface area (Å²) in [4.78, 5) is 7.81. The van der Waals surface area contributed by atoms with Crippen molar-refractivity contribution >= 4 is 27.5 Å². The molecule has 0 spiro atoms. The molecule has 1 aromatic carbocycles. The Morgan fingerprint density at radius 3 is 2.65 bits per heavy atom. The lowest BCUT2D eigenvalue weighted by Gasteiger charge is -2.29. The van der Waals surface area contributed by atoms with Crippen molar-refractivity contribution in [3.63, 3.8) is 0 Å². The van der Waals surface area contributed by atoms with Crippen molar-refractivity contribution in [1.82, 2.24) is 29.5 Å². The van der Waals surface area contributed by atoms with Gasteiger partial charge >= 0.3 is 0 Å². The number of benzene rings is 1. The number of hydrogen-bond acceptors (Lipinski definition) is 5. The third-order valence-electron chi connectivity index (χ3n) is 3.25. The Labute approximate surface area is 143 Å². The summed E-state index contributed by atoms with van der Waals surface area (Å²) in [5.74, 6) is -0.481. The van der Waals surface area contributed by atoms with Gasteiger partial charge in [-0.1, -0.05) is 17.7 Å². The predicted octanol–water partition coefficient (Wildman–Crippen LogP) is 2.01. The first-order valence-corrected chi connectivity index (χ1v) is 7.69. The Kier molecular flexibility index (Phi) is 4.42. The van der Waals surface area contributed by atoms with Crippen molar-refractivity contribution in [2.24, 2.45) is 0 Å². The zero-order valence-electron chi connectivity index (χ0n) is 11.6. The molecule has 0 saturated carbocycles. The maximum atomic E-state index is 13.3. The van der Waals surface area contributed by atoms with E-state index in [1.54, 1.807) is 0 Å². The summed E-state index contributed by atoms with van der Waals surface area (Å²) < 4.78 is 16.6. The number of rotatable bonds is 5. The summed E-state index contributed by atoms with van der Waals surface area (Å²) in [5.41, 5.74) is -1.12. The molecule has 3 rings (SSSR count). The Bertz CT molecular complexity index is 811. The van der Waals surface area contributed by atoms with Gasteiger partial charge in [0, 0.05) is 10.6 Å². The van der Waals surface area contributed by atoms with Crippen LogP contribution >= 0.6 is 27.5 Å². The lowest BCUT2D eigenvalue weighted by Crippen LogP contribution is -2.37. The molecule has 3 aromatic rings. The van der Waals surface area contributed by atoms with Gasteiger partial charge < -0.3 is 5.11 Å². The molecule has 0 aliphatic heterocycles. The monoisotopic (exact) mass is 400 g/mol. The average Bonchev–Trinajstić information content (AvgIpc) is 3.10. The fourth-order valence-corrected chi connectivity index (χ4v) is 2.92. The smallest absolute Gasteiger partial charge is 0.217 e. The van der Waals surface area contributed by atoms with Gasteiger partial charge in [0.15, 0.2) is 0 Å². The number of nitrogens with zero attached hydrogens (tertiary/aromatic N) is 6. The van der Waals surface area contributed by atoms with Crippen molar-refractivity contribution < 1.29 is 9.50 Å². The minimum Gasteiger partial charge on any atom is -0.381 e. The van der Waals surface area contributed by atoms with Crippen LogP contribution in [0.1, 0.15) is 5.56 Å². The molecule has 0 aliphatic carbocycles. The van der Waals surface area contributed by atoms with E-state index in [0.29, 0.717) is 10.3 Å². The zero-order valence-corrected chi connectivity index (χ0v) is 14.0. The van der Waals surface area contributed by atoms with Crippen LogP contribution in [0.15, 0.2) is 41.9 Å². The second-order valence-electron chi connectivity index (χ2n) is 4.96. The van der Waals surface area contributed by atoms with E-state index in [4.69, 9.17) is 11.6 Å². The van der Waals surface area contributed by atoms with Crippen LogP contribution in [0.3, 0.4) is 0 Å². The third-order valence-corrected chi connectivity index (χ3v) is 3.93. The summed E-state index contributed by atoms with van der Waals surface area (Å²) in [7, 11) is 0. The van der Waals surface area contributed by atoms with Crippen molar-refractivity contribution in [3.8, 4) is 0 Å². The molecule has 0 saturated heterocycles. The molecule has 10 heteroatoms.